The van der Waals surface area contributed by atoms with Crippen molar-refractivity contribution in [1.82, 2.24) is 4.90 Å². The van der Waals surface area contributed by atoms with Crippen LogP contribution >= 0.6 is 15.9 Å². The van der Waals surface area contributed by atoms with E-state index < -0.39 is 9.84 Å². The van der Waals surface area contributed by atoms with Gasteiger partial charge in [0.2, 0.25) is 11.8 Å². The Hall–Kier alpha value is -2.19. The third kappa shape index (κ3) is 4.28. The Balaban J connectivity index is 1.50. The maximum absolute atomic E-state index is 13.1. The second-order valence-electron chi connectivity index (χ2n) is 8.26. The Morgan fingerprint density at radius 2 is 1.84 bits per heavy atom. The molecule has 0 N–H and O–H groups in total. The number of rotatable bonds is 4. The molecule has 2 aromatic rings. The van der Waals surface area contributed by atoms with Crippen molar-refractivity contribution in [3.8, 4) is 0 Å². The highest BCUT2D eigenvalue weighted by Gasteiger charge is 2.32. The van der Waals surface area contributed by atoms with Crippen molar-refractivity contribution in [2.45, 2.75) is 50.6 Å². The Kier molecular flexibility index (Phi) is 5.96. The molecule has 0 aliphatic carbocycles. The predicted octanol–water partition coefficient (Wildman–Crippen LogP) is 3.50. The molecule has 2 aliphatic heterocycles. The van der Waals surface area contributed by atoms with Crippen molar-refractivity contribution in [1.29, 1.82) is 0 Å². The van der Waals surface area contributed by atoms with Crippen LogP contribution in [0, 0.1) is 0 Å². The first kappa shape index (κ1) is 22.0. The van der Waals surface area contributed by atoms with E-state index >= 15 is 0 Å². The van der Waals surface area contributed by atoms with Crippen LogP contribution in [0.4, 0.5) is 5.69 Å². The molecule has 164 valence electrons. The number of carbonyl (C=O) groups excluding carboxylic acids is 2. The van der Waals surface area contributed by atoms with Crippen molar-refractivity contribution in [2.75, 3.05) is 17.2 Å². The summed E-state index contributed by atoms with van der Waals surface area (Å²) in [7, 11) is -3.71. The van der Waals surface area contributed by atoms with Gasteiger partial charge in [-0.1, -0.05) is 24.3 Å². The number of carbonyl (C=O) groups is 2. The Labute approximate surface area is 191 Å². The number of amides is 2. The lowest BCUT2D eigenvalue weighted by atomic mass is 10.00. The zero-order valence-electron chi connectivity index (χ0n) is 17.6. The molecule has 0 bridgehead atoms. The number of hydrogen-bond acceptors (Lipinski definition) is 4. The fourth-order valence-electron chi connectivity index (χ4n) is 4.54. The monoisotopic (exact) mass is 504 g/mol. The summed E-state index contributed by atoms with van der Waals surface area (Å²) in [5, 5.41) is 0. The maximum Gasteiger partial charge on any atom is 0.224 e. The summed E-state index contributed by atoms with van der Waals surface area (Å²) in [5.41, 5.74) is 3.94. The van der Waals surface area contributed by atoms with E-state index in [0.717, 1.165) is 17.5 Å². The van der Waals surface area contributed by atoms with Gasteiger partial charge in [-0.3, -0.25) is 9.59 Å². The van der Waals surface area contributed by atoms with Crippen LogP contribution in [0.5, 0.6) is 0 Å². The van der Waals surface area contributed by atoms with Gasteiger partial charge in [0.25, 0.3) is 0 Å². The molecular weight excluding hydrogens is 480 g/mol. The van der Waals surface area contributed by atoms with E-state index in [9.17, 15) is 18.0 Å². The van der Waals surface area contributed by atoms with Gasteiger partial charge in [0.15, 0.2) is 9.84 Å². The van der Waals surface area contributed by atoms with E-state index in [1.165, 1.54) is 12.5 Å². The number of hydrogen-bond donors (Lipinski definition) is 0. The summed E-state index contributed by atoms with van der Waals surface area (Å²) in [6, 6.07) is 11.4. The first-order valence-corrected chi connectivity index (χ1v) is 12.8. The van der Waals surface area contributed by atoms with Gasteiger partial charge >= 0.3 is 0 Å². The molecule has 0 saturated heterocycles. The lowest BCUT2D eigenvalue weighted by Crippen LogP contribution is -2.36. The van der Waals surface area contributed by atoms with Gasteiger partial charge in [-0.05, 0) is 64.5 Å². The largest absolute Gasteiger partial charge is 0.338 e. The highest BCUT2D eigenvalue weighted by atomic mass is 79.9. The lowest BCUT2D eigenvalue weighted by molar-refractivity contribution is -0.131. The minimum absolute atomic E-state index is 0.0130. The van der Waals surface area contributed by atoms with Crippen LogP contribution in [-0.2, 0) is 38.8 Å². The van der Waals surface area contributed by atoms with Crippen molar-refractivity contribution in [3.63, 3.8) is 0 Å². The zero-order valence-corrected chi connectivity index (χ0v) is 20.0. The smallest absolute Gasteiger partial charge is 0.224 e. The first-order chi connectivity index (χ1) is 14.7. The summed E-state index contributed by atoms with van der Waals surface area (Å²) >= 11 is 3.39. The number of fused-ring (bicyclic) bond motifs is 2. The molecule has 0 spiro atoms. The fraction of sp³-hybridized carbons (Fsp3) is 0.391. The van der Waals surface area contributed by atoms with Crippen LogP contribution in [0.25, 0.3) is 0 Å². The van der Waals surface area contributed by atoms with Gasteiger partial charge in [-0.25, -0.2) is 8.42 Å². The van der Waals surface area contributed by atoms with Gasteiger partial charge in [0.1, 0.15) is 0 Å². The van der Waals surface area contributed by atoms with E-state index in [2.05, 4.69) is 22.0 Å². The molecule has 2 heterocycles. The summed E-state index contributed by atoms with van der Waals surface area (Å²) in [6.45, 7) is 4.54. The minimum Gasteiger partial charge on any atom is -0.338 e. The van der Waals surface area contributed by atoms with Crippen molar-refractivity contribution >= 4 is 43.3 Å². The molecule has 1 atom stereocenters. The van der Waals surface area contributed by atoms with Crippen molar-refractivity contribution in [2.24, 2.45) is 0 Å². The van der Waals surface area contributed by atoms with Crippen LogP contribution < -0.4 is 4.90 Å². The third-order valence-corrected chi connectivity index (χ3v) is 8.76. The standard InChI is InChI=1S/C23H25BrN2O4S/c1-15-11-19-12-20(24)22(13-21(19)26(15)16(2)27)31(29,30)10-8-23(28)25-9-7-17-5-3-4-6-18(17)14-25/h3-6,12-13,15H,7-11,14H2,1-2H3/t15-/m0/s1. The Morgan fingerprint density at radius 3 is 2.55 bits per heavy atom. The minimum atomic E-state index is -3.71. The zero-order chi connectivity index (χ0) is 22.3. The van der Waals surface area contributed by atoms with E-state index in [1.54, 1.807) is 21.9 Å². The summed E-state index contributed by atoms with van der Waals surface area (Å²) in [4.78, 5) is 28.3. The van der Waals surface area contributed by atoms with E-state index in [4.69, 9.17) is 0 Å². The first-order valence-electron chi connectivity index (χ1n) is 10.4. The average molecular weight is 505 g/mol. The molecule has 2 aliphatic rings. The molecule has 2 aromatic carbocycles. The highest BCUT2D eigenvalue weighted by molar-refractivity contribution is 9.10. The van der Waals surface area contributed by atoms with Gasteiger partial charge in [-0.2, -0.15) is 0 Å². The summed E-state index contributed by atoms with van der Waals surface area (Å²) in [6.07, 6.45) is 1.40. The van der Waals surface area contributed by atoms with Gasteiger partial charge < -0.3 is 9.80 Å². The molecule has 0 saturated carbocycles. The maximum atomic E-state index is 13.1. The number of nitrogens with zero attached hydrogens (tertiary/aromatic N) is 2. The van der Waals surface area contributed by atoms with Crippen LogP contribution in [0.3, 0.4) is 0 Å². The fourth-order valence-corrected chi connectivity index (χ4v) is 6.98. The summed E-state index contributed by atoms with van der Waals surface area (Å²) in [5.74, 6) is -0.538. The van der Waals surface area contributed by atoms with E-state index in [0.29, 0.717) is 29.7 Å². The SMILES string of the molecule is CC(=O)N1c2cc(S(=O)(=O)CCC(=O)N3CCc4ccccc4C3)c(Br)cc2C[C@@H]1C. The molecule has 0 aromatic heterocycles. The van der Waals surface area contributed by atoms with Crippen LogP contribution in [0.15, 0.2) is 45.8 Å². The van der Waals surface area contributed by atoms with Crippen LogP contribution in [0.2, 0.25) is 0 Å². The quantitative estimate of drug-likeness (QED) is 0.638. The van der Waals surface area contributed by atoms with Gasteiger partial charge in [-0.15, -0.1) is 0 Å². The van der Waals surface area contributed by atoms with Gasteiger partial charge in [0.05, 0.1) is 10.6 Å². The molecule has 8 heteroatoms. The molecule has 6 nitrogen and oxygen atoms in total. The second kappa shape index (κ2) is 8.39. The van der Waals surface area contributed by atoms with E-state index in [-0.39, 0.29) is 34.9 Å². The Bertz CT molecular complexity index is 1160. The summed E-state index contributed by atoms with van der Waals surface area (Å²) < 4.78 is 26.7. The predicted molar refractivity (Wildman–Crippen MR) is 123 cm³/mol. The molecule has 0 radical (unpaired) electrons. The van der Waals surface area contributed by atoms with Crippen molar-refractivity contribution in [3.05, 3.63) is 57.6 Å². The normalized spacial score (nSPS) is 18.0. The van der Waals surface area contributed by atoms with Crippen LogP contribution in [-0.4, -0.2) is 43.5 Å². The van der Waals surface area contributed by atoms with Gasteiger partial charge in [0, 0.05) is 42.6 Å². The molecule has 31 heavy (non-hydrogen) atoms. The number of sulfone groups is 1. The lowest BCUT2D eigenvalue weighted by Gasteiger charge is -2.29. The van der Waals surface area contributed by atoms with E-state index in [1.807, 2.05) is 25.1 Å². The molecule has 4 rings (SSSR count). The van der Waals surface area contributed by atoms with Crippen molar-refractivity contribution < 1.29 is 18.0 Å². The molecule has 2 amide bonds. The number of benzene rings is 2. The topological polar surface area (TPSA) is 74.8 Å². The Morgan fingerprint density at radius 1 is 1.13 bits per heavy atom. The second-order valence-corrected chi connectivity index (χ2v) is 11.2. The molecule has 0 unspecified atom stereocenters. The third-order valence-electron chi connectivity index (χ3n) is 6.09. The van der Waals surface area contributed by atoms with Crippen LogP contribution in [0.1, 0.15) is 37.0 Å². The molecule has 0 fully saturated rings. The average Bonchev–Trinajstić information content (AvgIpc) is 3.05. The molecular formula is C23H25BrN2O4S. The highest BCUT2D eigenvalue weighted by Crippen LogP contribution is 2.38. The number of halogens is 1. The number of anilines is 1.